The summed E-state index contributed by atoms with van der Waals surface area (Å²) in [5.41, 5.74) is 0.551. The number of hydrogen-bond acceptors (Lipinski definition) is 4. The molecule has 1 aliphatic heterocycles. The molecular formula is C18H27N5O. The minimum atomic E-state index is -0.641. The molecular weight excluding hydrogens is 302 g/mol. The highest BCUT2D eigenvalue weighted by molar-refractivity contribution is 5.82. The van der Waals surface area contributed by atoms with Gasteiger partial charge in [0.15, 0.2) is 0 Å². The first-order valence-electron chi connectivity index (χ1n) is 9.10. The van der Waals surface area contributed by atoms with Crippen LogP contribution in [0.2, 0.25) is 0 Å². The van der Waals surface area contributed by atoms with Gasteiger partial charge in [-0.1, -0.05) is 19.3 Å². The average Bonchev–Trinajstić information content (AvgIpc) is 3.16. The second-order valence-electron chi connectivity index (χ2n) is 7.24. The molecule has 6 nitrogen and oxygen atoms in total. The highest BCUT2D eigenvalue weighted by atomic mass is 16.2. The number of amides is 1. The highest BCUT2D eigenvalue weighted by Gasteiger charge is 2.36. The van der Waals surface area contributed by atoms with E-state index in [0.29, 0.717) is 5.92 Å². The third-order valence-corrected chi connectivity index (χ3v) is 5.70. The first-order chi connectivity index (χ1) is 11.6. The fourth-order valence-corrected chi connectivity index (χ4v) is 4.02. The maximum Gasteiger partial charge on any atom is 0.238 e. The molecule has 1 saturated carbocycles. The first kappa shape index (κ1) is 17.0. The second kappa shape index (κ2) is 7.35. The van der Waals surface area contributed by atoms with Crippen molar-refractivity contribution in [1.82, 2.24) is 20.4 Å². The molecule has 3 rings (SSSR count). The molecule has 2 heterocycles. The Labute approximate surface area is 143 Å². The SMILES string of the molecule is C[C@@H](C(=O)NC1(C#N)CCCCC1)N1CCC(c2ccn[nH]2)CC1. The molecule has 2 aliphatic rings. The molecule has 1 amide bonds. The summed E-state index contributed by atoms with van der Waals surface area (Å²) in [4.78, 5) is 14.9. The zero-order valence-electron chi connectivity index (χ0n) is 14.4. The molecule has 1 aromatic rings. The molecule has 0 bridgehead atoms. The number of nitrogens with zero attached hydrogens (tertiary/aromatic N) is 3. The van der Waals surface area contributed by atoms with Crippen molar-refractivity contribution in [2.24, 2.45) is 0 Å². The van der Waals surface area contributed by atoms with E-state index in [2.05, 4.69) is 26.5 Å². The van der Waals surface area contributed by atoms with Crippen LogP contribution in [0.4, 0.5) is 0 Å². The van der Waals surface area contributed by atoms with Crippen molar-refractivity contribution in [2.75, 3.05) is 13.1 Å². The molecule has 0 unspecified atom stereocenters. The van der Waals surface area contributed by atoms with E-state index in [-0.39, 0.29) is 11.9 Å². The van der Waals surface area contributed by atoms with E-state index in [9.17, 15) is 10.1 Å². The lowest BCUT2D eigenvalue weighted by Crippen LogP contribution is -2.55. The molecule has 1 aromatic heterocycles. The number of hydrogen-bond donors (Lipinski definition) is 2. The number of nitriles is 1. The van der Waals surface area contributed by atoms with Crippen LogP contribution < -0.4 is 5.32 Å². The zero-order valence-corrected chi connectivity index (χ0v) is 14.4. The molecule has 24 heavy (non-hydrogen) atoms. The third kappa shape index (κ3) is 3.62. The van der Waals surface area contributed by atoms with Gasteiger partial charge in [0.05, 0.1) is 12.1 Å². The second-order valence-corrected chi connectivity index (χ2v) is 7.24. The van der Waals surface area contributed by atoms with E-state index in [1.165, 1.54) is 5.69 Å². The van der Waals surface area contributed by atoms with Gasteiger partial charge >= 0.3 is 0 Å². The molecule has 130 valence electrons. The number of H-pyrrole nitrogens is 1. The smallest absolute Gasteiger partial charge is 0.238 e. The minimum absolute atomic E-state index is 0.00144. The van der Waals surface area contributed by atoms with Gasteiger partial charge in [-0.25, -0.2) is 0 Å². The number of nitrogens with one attached hydrogen (secondary N) is 2. The van der Waals surface area contributed by atoms with Crippen molar-refractivity contribution >= 4 is 5.91 Å². The van der Waals surface area contributed by atoms with Crippen LogP contribution in [0, 0.1) is 11.3 Å². The van der Waals surface area contributed by atoms with Crippen molar-refractivity contribution in [1.29, 1.82) is 5.26 Å². The van der Waals surface area contributed by atoms with Crippen LogP contribution in [-0.4, -0.2) is 45.7 Å². The van der Waals surface area contributed by atoms with Crippen LogP contribution in [-0.2, 0) is 4.79 Å². The van der Waals surface area contributed by atoms with E-state index in [0.717, 1.165) is 58.0 Å². The van der Waals surface area contributed by atoms with Crippen LogP contribution >= 0.6 is 0 Å². The fraction of sp³-hybridized carbons (Fsp3) is 0.722. The minimum Gasteiger partial charge on any atom is -0.336 e. The van der Waals surface area contributed by atoms with Gasteiger partial charge in [0.1, 0.15) is 5.54 Å². The number of rotatable bonds is 4. The Kier molecular flexibility index (Phi) is 5.20. The molecule has 2 N–H and O–H groups in total. The van der Waals surface area contributed by atoms with Gasteiger partial charge in [-0.15, -0.1) is 0 Å². The van der Waals surface area contributed by atoms with Crippen molar-refractivity contribution in [3.63, 3.8) is 0 Å². The molecule has 1 atom stereocenters. The number of carbonyl (C=O) groups is 1. The normalized spacial score (nSPS) is 23.3. The lowest BCUT2D eigenvalue weighted by atomic mass is 9.82. The van der Waals surface area contributed by atoms with Gasteiger partial charge in [0.25, 0.3) is 0 Å². The number of piperidine rings is 1. The predicted molar refractivity (Wildman–Crippen MR) is 91.2 cm³/mol. The van der Waals surface area contributed by atoms with Crippen molar-refractivity contribution in [3.05, 3.63) is 18.0 Å². The van der Waals surface area contributed by atoms with Crippen LogP contribution in [0.1, 0.15) is 63.5 Å². The Hall–Kier alpha value is -1.87. The van der Waals surface area contributed by atoms with Gasteiger partial charge < -0.3 is 5.32 Å². The monoisotopic (exact) mass is 329 g/mol. The summed E-state index contributed by atoms with van der Waals surface area (Å²) in [6.45, 7) is 3.76. The lowest BCUT2D eigenvalue weighted by molar-refractivity contribution is -0.128. The lowest BCUT2D eigenvalue weighted by Gasteiger charge is -2.37. The van der Waals surface area contributed by atoms with E-state index in [4.69, 9.17) is 0 Å². The Bertz CT molecular complexity index is 577. The summed E-state index contributed by atoms with van der Waals surface area (Å²) in [7, 11) is 0. The summed E-state index contributed by atoms with van der Waals surface area (Å²) in [6, 6.07) is 4.23. The Morgan fingerprint density at radius 3 is 2.71 bits per heavy atom. The van der Waals surface area contributed by atoms with E-state index in [1.807, 2.05) is 13.0 Å². The molecule has 0 spiro atoms. The Balaban J connectivity index is 1.54. The molecule has 2 fully saturated rings. The quantitative estimate of drug-likeness (QED) is 0.888. The van der Waals surface area contributed by atoms with Crippen LogP contribution in [0.3, 0.4) is 0 Å². The topological polar surface area (TPSA) is 84.8 Å². The summed E-state index contributed by atoms with van der Waals surface area (Å²) in [6.07, 6.45) is 8.63. The predicted octanol–water partition coefficient (Wildman–Crippen LogP) is 2.32. The summed E-state index contributed by atoms with van der Waals surface area (Å²) >= 11 is 0. The van der Waals surface area contributed by atoms with Crippen LogP contribution in [0.25, 0.3) is 0 Å². The maximum atomic E-state index is 12.7. The highest BCUT2D eigenvalue weighted by Crippen LogP contribution is 2.29. The zero-order chi connectivity index (χ0) is 17.0. The van der Waals surface area contributed by atoms with Gasteiger partial charge in [0.2, 0.25) is 5.91 Å². The third-order valence-electron chi connectivity index (χ3n) is 5.70. The average molecular weight is 329 g/mol. The summed E-state index contributed by atoms with van der Waals surface area (Å²) < 4.78 is 0. The molecule has 1 aliphatic carbocycles. The number of aromatic nitrogens is 2. The molecule has 1 saturated heterocycles. The largest absolute Gasteiger partial charge is 0.336 e. The fourth-order valence-electron chi connectivity index (χ4n) is 4.02. The van der Waals surface area contributed by atoms with E-state index >= 15 is 0 Å². The maximum absolute atomic E-state index is 12.7. The number of aromatic amines is 1. The van der Waals surface area contributed by atoms with Crippen LogP contribution in [0.5, 0.6) is 0 Å². The Morgan fingerprint density at radius 2 is 2.12 bits per heavy atom. The number of likely N-dealkylation sites (tertiary alicyclic amines) is 1. The Morgan fingerprint density at radius 1 is 1.42 bits per heavy atom. The van der Waals surface area contributed by atoms with E-state index in [1.54, 1.807) is 6.20 Å². The van der Waals surface area contributed by atoms with Gasteiger partial charge in [-0.05, 0) is 51.8 Å². The van der Waals surface area contributed by atoms with E-state index < -0.39 is 5.54 Å². The van der Waals surface area contributed by atoms with Crippen molar-refractivity contribution in [2.45, 2.75) is 69.4 Å². The molecule has 6 heteroatoms. The van der Waals surface area contributed by atoms with Crippen molar-refractivity contribution in [3.8, 4) is 6.07 Å². The first-order valence-corrected chi connectivity index (χ1v) is 9.10. The molecule has 0 radical (unpaired) electrons. The number of carbonyl (C=O) groups excluding carboxylic acids is 1. The van der Waals surface area contributed by atoms with Gasteiger partial charge in [-0.3, -0.25) is 14.8 Å². The standard InChI is InChI=1S/C18H27N5O/c1-14(17(24)21-18(13-19)8-3-2-4-9-18)23-11-6-15(7-12-23)16-5-10-20-22-16/h5,10,14-15H,2-4,6-9,11-12H2,1H3,(H,20,22)(H,21,24)/t14-/m0/s1. The van der Waals surface area contributed by atoms with Crippen LogP contribution in [0.15, 0.2) is 12.3 Å². The summed E-state index contributed by atoms with van der Waals surface area (Å²) in [5, 5.41) is 19.7. The van der Waals surface area contributed by atoms with Gasteiger partial charge in [-0.2, -0.15) is 10.4 Å². The molecule has 0 aromatic carbocycles. The van der Waals surface area contributed by atoms with Gasteiger partial charge in [0, 0.05) is 17.8 Å². The van der Waals surface area contributed by atoms with Crippen molar-refractivity contribution < 1.29 is 4.79 Å². The summed E-state index contributed by atoms with van der Waals surface area (Å²) in [5.74, 6) is 0.501.